The van der Waals surface area contributed by atoms with Crippen molar-refractivity contribution >= 4 is 5.97 Å². The molecule has 2 heterocycles. The number of benzene rings is 1. The molecule has 4 bridgehead atoms. The Morgan fingerprint density at radius 1 is 1.26 bits per heavy atom. The monoisotopic (exact) mass is 517 g/mol. The molecular formula is C32H39NO5. The predicted octanol–water partition coefficient (Wildman–Crippen LogP) is 4.47. The molecule has 7 atom stereocenters. The Morgan fingerprint density at radius 2 is 2.05 bits per heavy atom. The van der Waals surface area contributed by atoms with E-state index in [1.54, 1.807) is 6.08 Å². The fourth-order valence-electron chi connectivity index (χ4n) is 11.1. The number of aliphatic hydroxyl groups is 1. The molecule has 3 spiro atoms. The van der Waals surface area contributed by atoms with E-state index in [-0.39, 0.29) is 28.4 Å². The van der Waals surface area contributed by atoms with E-state index in [4.69, 9.17) is 14.2 Å². The van der Waals surface area contributed by atoms with E-state index in [0.717, 1.165) is 49.5 Å². The van der Waals surface area contributed by atoms with Gasteiger partial charge >= 0.3 is 5.97 Å². The largest absolute Gasteiger partial charge is 0.482 e. The van der Waals surface area contributed by atoms with Gasteiger partial charge < -0.3 is 19.3 Å². The van der Waals surface area contributed by atoms with Crippen LogP contribution in [0.25, 0.3) is 0 Å². The van der Waals surface area contributed by atoms with Crippen LogP contribution in [0.15, 0.2) is 35.9 Å². The van der Waals surface area contributed by atoms with Crippen LogP contribution >= 0.6 is 0 Å². The van der Waals surface area contributed by atoms with Crippen molar-refractivity contribution in [2.24, 2.45) is 17.3 Å². The molecule has 0 radical (unpaired) electrons. The summed E-state index contributed by atoms with van der Waals surface area (Å²) in [5, 5.41) is 11.8. The van der Waals surface area contributed by atoms with Gasteiger partial charge in [-0.25, -0.2) is 4.79 Å². The molecule has 9 rings (SSSR count). The lowest BCUT2D eigenvalue weighted by Crippen LogP contribution is -3.06. The summed E-state index contributed by atoms with van der Waals surface area (Å²) >= 11 is 0. The minimum atomic E-state index is -0.911. The van der Waals surface area contributed by atoms with Gasteiger partial charge in [-0.3, -0.25) is 4.90 Å². The van der Waals surface area contributed by atoms with Gasteiger partial charge in [0, 0.05) is 53.6 Å². The Morgan fingerprint density at radius 3 is 2.74 bits per heavy atom. The first-order chi connectivity index (χ1) is 18.1. The van der Waals surface area contributed by atoms with E-state index in [0.29, 0.717) is 11.8 Å². The van der Waals surface area contributed by atoms with E-state index >= 15 is 0 Å². The van der Waals surface area contributed by atoms with E-state index in [9.17, 15) is 9.90 Å². The molecule has 202 valence electrons. The number of hydrogen-bond acceptors (Lipinski definition) is 6. The van der Waals surface area contributed by atoms with Gasteiger partial charge in [0.15, 0.2) is 11.5 Å². The first-order valence-electron chi connectivity index (χ1n) is 14.5. The van der Waals surface area contributed by atoms with E-state index < -0.39 is 17.2 Å². The van der Waals surface area contributed by atoms with Gasteiger partial charge in [-0.1, -0.05) is 23.8 Å². The van der Waals surface area contributed by atoms with Crippen molar-refractivity contribution in [3.05, 3.63) is 47.1 Å². The topological polar surface area (TPSA) is 68.2 Å². The minimum absolute atomic E-state index is 0.0445. The molecule has 1 N–H and O–H groups in total. The summed E-state index contributed by atoms with van der Waals surface area (Å²) in [5.74, 6) is 1.59. The van der Waals surface area contributed by atoms with Crippen molar-refractivity contribution in [2.75, 3.05) is 13.7 Å². The summed E-state index contributed by atoms with van der Waals surface area (Å²) in [6, 6.07) is 4.58. The summed E-state index contributed by atoms with van der Waals surface area (Å²) in [6.07, 6.45) is 11.5. The molecule has 5 saturated carbocycles. The molecule has 6 aliphatic carbocycles. The summed E-state index contributed by atoms with van der Waals surface area (Å²) in [5.41, 5.74) is 2.10. The van der Waals surface area contributed by atoms with Gasteiger partial charge in [-0.15, -0.1) is 0 Å². The molecule has 2 aliphatic heterocycles. The zero-order chi connectivity index (χ0) is 26.5. The number of carbonyl (C=O) groups excluding carboxylic acids is 1. The van der Waals surface area contributed by atoms with Crippen molar-refractivity contribution < 1.29 is 24.1 Å². The molecule has 1 aromatic carbocycles. The SMILES string of the molecule is CO[C@@]12CC[C@]34[C@H]5Cc6ccc(OC(=O)/C=C/C=C(C)C)c7c6[C@@]3(CC4([C@@H]1C(C)(C)O)N5CC1CC1)[C@H]2O7. The van der Waals surface area contributed by atoms with Crippen LogP contribution in [0.2, 0.25) is 0 Å². The molecular weight excluding hydrogens is 478 g/mol. The number of ether oxygens (including phenoxy) is 3. The maximum atomic E-state index is 12.8. The minimum Gasteiger partial charge on any atom is -0.482 e. The zero-order valence-electron chi connectivity index (χ0n) is 23.2. The second-order valence-corrected chi connectivity index (χ2v) is 14.1. The number of nitrogens with zero attached hydrogens (tertiary/aromatic N) is 1. The number of carbonyl (C=O) groups is 1. The third-order valence-electron chi connectivity index (χ3n) is 11.8. The van der Waals surface area contributed by atoms with E-state index in [1.165, 1.54) is 30.0 Å². The highest BCUT2D eigenvalue weighted by molar-refractivity contribution is 5.85. The molecule has 1 unspecified atom stereocenters. The maximum Gasteiger partial charge on any atom is 0.336 e. The molecule has 0 amide bonds. The fourth-order valence-corrected chi connectivity index (χ4v) is 11.1. The van der Waals surface area contributed by atoms with Crippen LogP contribution in [0.5, 0.6) is 11.5 Å². The Hall–Kier alpha value is -2.15. The highest BCUT2D eigenvalue weighted by Gasteiger charge is 3.00. The molecule has 6 nitrogen and oxygen atoms in total. The van der Waals surface area contributed by atoms with Gasteiger partial charge in [0.25, 0.3) is 0 Å². The van der Waals surface area contributed by atoms with Crippen molar-refractivity contribution in [3.8, 4) is 11.5 Å². The van der Waals surface area contributed by atoms with Crippen LogP contribution in [-0.2, 0) is 21.4 Å². The van der Waals surface area contributed by atoms with Crippen molar-refractivity contribution in [2.45, 2.75) is 101 Å². The second-order valence-electron chi connectivity index (χ2n) is 14.1. The molecule has 8 aliphatic rings. The first kappa shape index (κ1) is 23.7. The summed E-state index contributed by atoms with van der Waals surface area (Å²) < 4.78 is 19.5. The molecule has 38 heavy (non-hydrogen) atoms. The van der Waals surface area contributed by atoms with Gasteiger partial charge in [0.1, 0.15) is 11.7 Å². The van der Waals surface area contributed by atoms with Gasteiger partial charge in [-0.05, 0) is 83.8 Å². The first-order valence-corrected chi connectivity index (χ1v) is 14.5. The average Bonchev–Trinajstić information content (AvgIpc) is 3.58. The number of piperidine rings is 1. The second kappa shape index (κ2) is 6.94. The molecule has 1 saturated heterocycles. The number of hydrogen-bond donors (Lipinski definition) is 1. The van der Waals surface area contributed by atoms with Gasteiger partial charge in [0.2, 0.25) is 0 Å². The Labute approximate surface area is 225 Å². The van der Waals surface area contributed by atoms with Crippen LogP contribution in [0.4, 0.5) is 0 Å². The summed E-state index contributed by atoms with van der Waals surface area (Å²) in [7, 11) is 1.82. The Bertz CT molecular complexity index is 1330. The van der Waals surface area contributed by atoms with Crippen molar-refractivity contribution in [1.29, 1.82) is 0 Å². The van der Waals surface area contributed by atoms with Crippen LogP contribution in [0.3, 0.4) is 0 Å². The average molecular weight is 518 g/mol. The standard InChI is InChI=1S/C32H39NO5/c1-18(2)7-6-8-23(34)37-21-12-11-20-15-22-31-14-13-30(36-5)26(28(3,4)35)32(31,33(22)16-19-9-10-19)17-29(31)24(20)25(21)38-27(29)30/h6-8,11-12,19,22,26-27,35H,9-10,13-17H2,1-5H3/b8-6+/t22-,26-,27-,29+,30+,31+,32?/m1/s1. The van der Waals surface area contributed by atoms with Crippen LogP contribution in [0, 0.1) is 17.3 Å². The number of fused-ring (bicyclic) bond motifs is 1. The summed E-state index contributed by atoms with van der Waals surface area (Å²) in [6.45, 7) is 9.08. The lowest BCUT2D eigenvalue weighted by atomic mass is 9.16. The number of esters is 1. The highest BCUT2D eigenvalue weighted by Crippen LogP contribution is 2.92. The number of rotatable bonds is 7. The van der Waals surface area contributed by atoms with Crippen LogP contribution < -0.4 is 9.47 Å². The third kappa shape index (κ3) is 2.31. The van der Waals surface area contributed by atoms with E-state index in [1.807, 2.05) is 46.9 Å². The Kier molecular flexibility index (Phi) is 4.33. The predicted molar refractivity (Wildman–Crippen MR) is 142 cm³/mol. The van der Waals surface area contributed by atoms with Crippen molar-refractivity contribution in [1.82, 2.24) is 4.90 Å². The third-order valence-corrected chi connectivity index (χ3v) is 11.8. The maximum absolute atomic E-state index is 12.8. The smallest absolute Gasteiger partial charge is 0.336 e. The lowest BCUT2D eigenvalue weighted by molar-refractivity contribution is -0.470. The summed E-state index contributed by atoms with van der Waals surface area (Å²) in [4.78, 5) is 15.6. The van der Waals surface area contributed by atoms with E-state index in [2.05, 4.69) is 11.0 Å². The van der Waals surface area contributed by atoms with Crippen LogP contribution in [-0.4, -0.2) is 58.5 Å². The normalized spacial score (nSPS) is 42.7. The molecule has 6 heteroatoms. The zero-order valence-corrected chi connectivity index (χ0v) is 23.2. The quantitative estimate of drug-likeness (QED) is 0.249. The number of methoxy groups -OCH3 is 1. The van der Waals surface area contributed by atoms with Crippen molar-refractivity contribution in [3.63, 3.8) is 0 Å². The van der Waals surface area contributed by atoms with Gasteiger partial charge in [-0.2, -0.15) is 0 Å². The van der Waals surface area contributed by atoms with Crippen LogP contribution in [0.1, 0.15) is 70.9 Å². The number of allylic oxidation sites excluding steroid dienone is 3. The molecule has 6 fully saturated rings. The molecule has 1 aromatic rings. The highest BCUT2D eigenvalue weighted by atomic mass is 16.6. The Balaban J connectivity index is 1.29. The fraction of sp³-hybridized carbons (Fsp3) is 0.656. The molecule has 0 aromatic heterocycles. The number of likely N-dealkylation sites (tertiary alicyclic amines) is 1. The van der Waals surface area contributed by atoms with Gasteiger partial charge in [0.05, 0.1) is 5.60 Å². The lowest BCUT2D eigenvalue weighted by Gasteiger charge is -2.96.